The molecule has 0 atom stereocenters. The molecule has 1 heterocycles. The first-order chi connectivity index (χ1) is 8.11. The fraction of sp³-hybridized carbons (Fsp3) is 0.0909. The Morgan fingerprint density at radius 3 is 2.35 bits per heavy atom. The summed E-state index contributed by atoms with van der Waals surface area (Å²) in [5.74, 6) is 0.285. The summed E-state index contributed by atoms with van der Waals surface area (Å²) in [6, 6.07) is 7.03. The minimum absolute atomic E-state index is 0.0456. The molecule has 88 valence electrons. The van der Waals surface area contributed by atoms with Gasteiger partial charge in [0, 0.05) is 10.6 Å². The van der Waals surface area contributed by atoms with Gasteiger partial charge in [0.2, 0.25) is 5.95 Å². The molecule has 5 nitrogen and oxygen atoms in total. The second-order valence-corrected chi connectivity index (χ2v) is 3.89. The quantitative estimate of drug-likeness (QED) is 0.749. The Bertz CT molecular complexity index is 542. The van der Waals surface area contributed by atoms with Crippen LogP contribution >= 0.6 is 11.6 Å². The fourth-order valence-corrected chi connectivity index (χ4v) is 1.72. The van der Waals surface area contributed by atoms with Gasteiger partial charge < -0.3 is 16.6 Å². The van der Waals surface area contributed by atoms with Crippen molar-refractivity contribution in [3.8, 4) is 11.1 Å². The van der Waals surface area contributed by atoms with Crippen molar-refractivity contribution in [1.29, 1.82) is 0 Å². The van der Waals surface area contributed by atoms with Crippen LogP contribution in [0, 0.1) is 0 Å². The Morgan fingerprint density at radius 2 is 1.76 bits per heavy atom. The number of aliphatic hydroxyl groups excluding tert-OH is 1. The lowest BCUT2D eigenvalue weighted by Gasteiger charge is -2.10. The van der Waals surface area contributed by atoms with Crippen LogP contribution in [0.3, 0.4) is 0 Å². The molecule has 1 aromatic heterocycles. The van der Waals surface area contributed by atoms with E-state index in [1.807, 2.05) is 0 Å². The van der Waals surface area contributed by atoms with E-state index in [1.54, 1.807) is 24.3 Å². The van der Waals surface area contributed by atoms with Crippen LogP contribution in [-0.4, -0.2) is 15.1 Å². The smallest absolute Gasteiger partial charge is 0.222 e. The summed E-state index contributed by atoms with van der Waals surface area (Å²) in [6.45, 7) is -0.255. The number of nitrogens with two attached hydrogens (primary N) is 2. The van der Waals surface area contributed by atoms with Crippen molar-refractivity contribution in [2.75, 3.05) is 11.5 Å². The molecule has 5 N–H and O–H groups in total. The molecule has 0 radical (unpaired) electrons. The van der Waals surface area contributed by atoms with Gasteiger partial charge in [-0.2, -0.15) is 4.98 Å². The standard InChI is InChI=1S/C11H11ClN4O/c12-7-3-1-6(2-4-7)9-8(5-17)15-11(14)16-10(9)13/h1-4,17H,5H2,(H4,13,14,15,16). The molecule has 2 rings (SSSR count). The lowest BCUT2D eigenvalue weighted by atomic mass is 10.0. The average molecular weight is 251 g/mol. The molecule has 0 saturated heterocycles. The molecule has 0 unspecified atom stereocenters. The van der Waals surface area contributed by atoms with Crippen LogP contribution in [0.1, 0.15) is 5.69 Å². The number of aromatic nitrogens is 2. The molecule has 0 saturated carbocycles. The summed E-state index contributed by atoms with van der Waals surface area (Å²) < 4.78 is 0. The van der Waals surface area contributed by atoms with Gasteiger partial charge in [0.1, 0.15) is 5.82 Å². The van der Waals surface area contributed by atoms with Crippen LogP contribution < -0.4 is 11.5 Å². The molecule has 0 aliphatic heterocycles. The minimum atomic E-state index is -0.255. The topological polar surface area (TPSA) is 98.0 Å². The van der Waals surface area contributed by atoms with E-state index in [9.17, 15) is 5.11 Å². The summed E-state index contributed by atoms with van der Waals surface area (Å²) >= 11 is 5.81. The van der Waals surface area contributed by atoms with Crippen molar-refractivity contribution < 1.29 is 5.11 Å². The van der Waals surface area contributed by atoms with Crippen LogP contribution in [0.25, 0.3) is 11.1 Å². The van der Waals surface area contributed by atoms with Gasteiger partial charge in [-0.3, -0.25) is 0 Å². The maximum atomic E-state index is 9.26. The summed E-state index contributed by atoms with van der Waals surface area (Å²) in [7, 11) is 0. The molecule has 0 aliphatic carbocycles. The van der Waals surface area contributed by atoms with Gasteiger partial charge >= 0.3 is 0 Å². The average Bonchev–Trinajstić information content (AvgIpc) is 2.30. The lowest BCUT2D eigenvalue weighted by Crippen LogP contribution is -2.06. The zero-order valence-corrected chi connectivity index (χ0v) is 9.65. The number of nitrogen functional groups attached to an aromatic ring is 2. The first-order valence-corrected chi connectivity index (χ1v) is 5.28. The highest BCUT2D eigenvalue weighted by molar-refractivity contribution is 6.30. The zero-order valence-electron chi connectivity index (χ0n) is 8.89. The normalized spacial score (nSPS) is 10.5. The van der Waals surface area contributed by atoms with Gasteiger partial charge in [0.05, 0.1) is 12.3 Å². The highest BCUT2D eigenvalue weighted by Crippen LogP contribution is 2.29. The van der Waals surface area contributed by atoms with Gasteiger partial charge in [0.25, 0.3) is 0 Å². The predicted octanol–water partition coefficient (Wildman–Crippen LogP) is 1.45. The van der Waals surface area contributed by atoms with Gasteiger partial charge in [-0.05, 0) is 17.7 Å². The van der Waals surface area contributed by atoms with E-state index in [0.29, 0.717) is 16.3 Å². The summed E-state index contributed by atoms with van der Waals surface area (Å²) in [5, 5.41) is 9.88. The monoisotopic (exact) mass is 250 g/mol. The van der Waals surface area contributed by atoms with Crippen LogP contribution in [0.15, 0.2) is 24.3 Å². The third kappa shape index (κ3) is 2.30. The Labute approximate surface area is 103 Å². The van der Waals surface area contributed by atoms with Crippen molar-refractivity contribution >= 4 is 23.4 Å². The van der Waals surface area contributed by atoms with E-state index < -0.39 is 0 Å². The Morgan fingerprint density at radius 1 is 1.12 bits per heavy atom. The zero-order chi connectivity index (χ0) is 12.4. The Hall–Kier alpha value is -1.85. The predicted molar refractivity (Wildman–Crippen MR) is 67.2 cm³/mol. The molecule has 0 aliphatic rings. The molecular formula is C11H11ClN4O. The van der Waals surface area contributed by atoms with Gasteiger partial charge in [0.15, 0.2) is 0 Å². The van der Waals surface area contributed by atoms with E-state index >= 15 is 0 Å². The maximum Gasteiger partial charge on any atom is 0.222 e. The second kappa shape index (κ2) is 4.57. The van der Waals surface area contributed by atoms with Crippen LogP contribution in [0.4, 0.5) is 11.8 Å². The maximum absolute atomic E-state index is 9.26. The third-order valence-electron chi connectivity index (χ3n) is 2.31. The molecule has 2 aromatic rings. The van der Waals surface area contributed by atoms with Crippen LogP contribution in [0.2, 0.25) is 5.02 Å². The first-order valence-electron chi connectivity index (χ1n) is 4.90. The van der Waals surface area contributed by atoms with E-state index in [2.05, 4.69) is 9.97 Å². The van der Waals surface area contributed by atoms with Gasteiger partial charge in [-0.25, -0.2) is 4.98 Å². The number of nitrogens with zero attached hydrogens (tertiary/aromatic N) is 2. The number of hydrogen-bond donors (Lipinski definition) is 3. The number of benzene rings is 1. The molecule has 6 heteroatoms. The number of halogens is 1. The molecular weight excluding hydrogens is 240 g/mol. The molecule has 0 bridgehead atoms. The number of anilines is 2. The molecule has 0 spiro atoms. The van der Waals surface area contributed by atoms with E-state index in [-0.39, 0.29) is 18.4 Å². The SMILES string of the molecule is Nc1nc(N)c(-c2ccc(Cl)cc2)c(CO)n1. The summed E-state index contributed by atoms with van der Waals surface area (Å²) in [4.78, 5) is 7.84. The third-order valence-corrected chi connectivity index (χ3v) is 2.56. The van der Waals surface area contributed by atoms with E-state index in [4.69, 9.17) is 23.1 Å². The molecule has 0 fully saturated rings. The van der Waals surface area contributed by atoms with Crippen molar-refractivity contribution in [3.63, 3.8) is 0 Å². The first kappa shape index (κ1) is 11.6. The minimum Gasteiger partial charge on any atom is -0.390 e. The molecule has 17 heavy (non-hydrogen) atoms. The Kier molecular flexibility index (Phi) is 3.12. The van der Waals surface area contributed by atoms with E-state index in [0.717, 1.165) is 5.56 Å². The fourth-order valence-electron chi connectivity index (χ4n) is 1.59. The van der Waals surface area contributed by atoms with Crippen molar-refractivity contribution in [2.24, 2.45) is 0 Å². The largest absolute Gasteiger partial charge is 0.390 e. The lowest BCUT2D eigenvalue weighted by molar-refractivity contribution is 0.277. The summed E-state index contributed by atoms with van der Waals surface area (Å²) in [6.07, 6.45) is 0. The number of hydrogen-bond acceptors (Lipinski definition) is 5. The second-order valence-electron chi connectivity index (χ2n) is 3.45. The van der Waals surface area contributed by atoms with Gasteiger partial charge in [-0.15, -0.1) is 0 Å². The van der Waals surface area contributed by atoms with Crippen LogP contribution in [-0.2, 0) is 6.61 Å². The highest BCUT2D eigenvalue weighted by Gasteiger charge is 2.12. The molecule has 0 amide bonds. The highest BCUT2D eigenvalue weighted by atomic mass is 35.5. The van der Waals surface area contributed by atoms with Crippen LogP contribution in [0.5, 0.6) is 0 Å². The van der Waals surface area contributed by atoms with Crippen molar-refractivity contribution in [2.45, 2.75) is 6.61 Å². The number of rotatable bonds is 2. The van der Waals surface area contributed by atoms with Crippen molar-refractivity contribution in [3.05, 3.63) is 35.0 Å². The number of aliphatic hydroxyl groups is 1. The van der Waals surface area contributed by atoms with Crippen molar-refractivity contribution in [1.82, 2.24) is 9.97 Å². The Balaban J connectivity index is 2.61. The summed E-state index contributed by atoms with van der Waals surface area (Å²) in [5.41, 5.74) is 13.0. The molecule has 1 aromatic carbocycles. The van der Waals surface area contributed by atoms with E-state index in [1.165, 1.54) is 0 Å². The van der Waals surface area contributed by atoms with Gasteiger partial charge in [-0.1, -0.05) is 23.7 Å².